The van der Waals surface area contributed by atoms with E-state index in [1.807, 2.05) is 31.2 Å². The molecule has 9 nitrogen and oxygen atoms in total. The molecule has 3 aromatic rings. The molecular formula is C20H20N4O5S. The number of anilines is 1. The van der Waals surface area contributed by atoms with Gasteiger partial charge in [0, 0.05) is 5.56 Å². The van der Waals surface area contributed by atoms with Crippen LogP contribution in [0.3, 0.4) is 0 Å². The average molecular weight is 428 g/mol. The second kappa shape index (κ2) is 7.79. The van der Waals surface area contributed by atoms with Crippen molar-refractivity contribution in [2.45, 2.75) is 19.6 Å². The molecule has 0 spiro atoms. The van der Waals surface area contributed by atoms with Crippen molar-refractivity contribution in [1.29, 1.82) is 0 Å². The summed E-state index contributed by atoms with van der Waals surface area (Å²) in [6, 6.07) is 14.3. The van der Waals surface area contributed by atoms with E-state index in [-0.39, 0.29) is 19.0 Å². The summed E-state index contributed by atoms with van der Waals surface area (Å²) in [4.78, 5) is 16.9. The third-order valence-corrected chi connectivity index (χ3v) is 5.77. The summed E-state index contributed by atoms with van der Waals surface area (Å²) in [5.74, 6) is 0.502. The smallest absolute Gasteiger partial charge is 0.263 e. The number of para-hydroxylation sites is 2. The monoisotopic (exact) mass is 428 g/mol. The molecule has 0 saturated heterocycles. The predicted octanol–water partition coefficient (Wildman–Crippen LogP) is 1.89. The Morgan fingerprint density at radius 1 is 1.20 bits per heavy atom. The van der Waals surface area contributed by atoms with E-state index in [4.69, 9.17) is 9.26 Å². The molecule has 0 bridgehead atoms. The standard InChI is InChI=1S/C20H20N4O5S/c1-13-7-9-14(10-8-13)19-22-18(29-23-19)11-21-20(25)17-12-24(30(2,26)27)15-5-3-4-6-16(15)28-17/h3-10,17H,11-12H2,1-2H3,(H,21,25). The van der Waals surface area contributed by atoms with E-state index in [2.05, 4.69) is 15.5 Å². The van der Waals surface area contributed by atoms with Crippen molar-refractivity contribution in [1.82, 2.24) is 15.5 Å². The minimum absolute atomic E-state index is 0.00191. The fourth-order valence-corrected chi connectivity index (χ4v) is 3.99. The van der Waals surface area contributed by atoms with Gasteiger partial charge in [0.1, 0.15) is 5.75 Å². The number of nitrogens with one attached hydrogen (secondary N) is 1. The summed E-state index contributed by atoms with van der Waals surface area (Å²) in [6.07, 6.45) is 0.0869. The van der Waals surface area contributed by atoms with Gasteiger partial charge in [-0.3, -0.25) is 9.10 Å². The highest BCUT2D eigenvalue weighted by Gasteiger charge is 2.34. The fourth-order valence-electron chi connectivity index (χ4n) is 3.08. The second-order valence-corrected chi connectivity index (χ2v) is 8.87. The minimum Gasteiger partial charge on any atom is -0.476 e. The molecule has 2 heterocycles. The van der Waals surface area contributed by atoms with Crippen LogP contribution in [-0.4, -0.2) is 43.4 Å². The summed E-state index contributed by atoms with van der Waals surface area (Å²) in [5, 5.41) is 6.59. The van der Waals surface area contributed by atoms with Crippen molar-refractivity contribution in [2.24, 2.45) is 0 Å². The highest BCUT2D eigenvalue weighted by molar-refractivity contribution is 7.92. The van der Waals surface area contributed by atoms with Crippen LogP contribution in [0.25, 0.3) is 11.4 Å². The normalized spacial score (nSPS) is 15.9. The quantitative estimate of drug-likeness (QED) is 0.660. The highest BCUT2D eigenvalue weighted by Crippen LogP contribution is 2.34. The number of carbonyl (C=O) groups is 1. The zero-order valence-corrected chi connectivity index (χ0v) is 17.2. The molecule has 0 radical (unpaired) electrons. The highest BCUT2D eigenvalue weighted by atomic mass is 32.2. The van der Waals surface area contributed by atoms with Gasteiger partial charge in [0.15, 0.2) is 6.10 Å². The van der Waals surface area contributed by atoms with Gasteiger partial charge < -0.3 is 14.6 Å². The van der Waals surface area contributed by atoms with E-state index >= 15 is 0 Å². The third kappa shape index (κ3) is 4.13. The number of benzene rings is 2. The van der Waals surface area contributed by atoms with Gasteiger partial charge in [-0.05, 0) is 19.1 Å². The number of amides is 1. The number of rotatable bonds is 5. The fraction of sp³-hybridized carbons (Fsp3) is 0.250. The van der Waals surface area contributed by atoms with Crippen molar-refractivity contribution in [3.8, 4) is 17.1 Å². The number of hydrogen-bond donors (Lipinski definition) is 1. The number of carbonyl (C=O) groups excluding carboxylic acids is 1. The second-order valence-electron chi connectivity index (χ2n) is 6.96. The van der Waals surface area contributed by atoms with Crippen LogP contribution in [0, 0.1) is 6.92 Å². The summed E-state index contributed by atoms with van der Waals surface area (Å²) < 4.78 is 36.4. The van der Waals surface area contributed by atoms with E-state index in [1.54, 1.807) is 24.3 Å². The molecule has 0 saturated carbocycles. The first-order valence-electron chi connectivity index (χ1n) is 9.22. The first-order chi connectivity index (χ1) is 14.3. The Morgan fingerprint density at radius 2 is 1.93 bits per heavy atom. The van der Waals surface area contributed by atoms with Crippen molar-refractivity contribution < 1.29 is 22.5 Å². The lowest BCUT2D eigenvalue weighted by molar-refractivity contribution is -0.128. The molecule has 1 unspecified atom stereocenters. The summed E-state index contributed by atoms with van der Waals surface area (Å²) in [6.45, 7) is 1.86. The Kier molecular flexibility index (Phi) is 5.17. The third-order valence-electron chi connectivity index (χ3n) is 4.62. The average Bonchev–Trinajstić information content (AvgIpc) is 3.20. The molecule has 0 fully saturated rings. The van der Waals surface area contributed by atoms with Crippen LogP contribution in [0.5, 0.6) is 5.75 Å². The largest absolute Gasteiger partial charge is 0.476 e. The Morgan fingerprint density at radius 3 is 2.67 bits per heavy atom. The van der Waals surface area contributed by atoms with Crippen molar-refractivity contribution in [3.63, 3.8) is 0 Å². The van der Waals surface area contributed by atoms with E-state index < -0.39 is 22.0 Å². The van der Waals surface area contributed by atoms with E-state index in [1.165, 1.54) is 0 Å². The Hall–Kier alpha value is -3.40. The maximum absolute atomic E-state index is 12.6. The van der Waals surface area contributed by atoms with Crippen LogP contribution < -0.4 is 14.4 Å². The molecule has 156 valence electrons. The molecule has 1 aliphatic rings. The number of aryl methyl sites for hydroxylation is 1. The molecule has 1 N–H and O–H groups in total. The van der Waals surface area contributed by atoms with Gasteiger partial charge >= 0.3 is 0 Å². The maximum atomic E-state index is 12.6. The van der Waals surface area contributed by atoms with Crippen LogP contribution in [0.1, 0.15) is 11.5 Å². The molecule has 1 aromatic heterocycles. The molecule has 0 aliphatic carbocycles. The molecule has 1 atom stereocenters. The number of aromatic nitrogens is 2. The van der Waals surface area contributed by atoms with Gasteiger partial charge in [0.25, 0.3) is 5.91 Å². The van der Waals surface area contributed by atoms with Crippen LogP contribution >= 0.6 is 0 Å². The molecule has 1 amide bonds. The molecule has 2 aromatic carbocycles. The lowest BCUT2D eigenvalue weighted by atomic mass is 10.1. The van der Waals surface area contributed by atoms with Gasteiger partial charge in [0.2, 0.25) is 21.7 Å². The van der Waals surface area contributed by atoms with E-state index in [0.717, 1.165) is 21.7 Å². The zero-order chi connectivity index (χ0) is 21.3. The van der Waals surface area contributed by atoms with E-state index in [9.17, 15) is 13.2 Å². The molecule has 4 rings (SSSR count). The van der Waals surface area contributed by atoms with Crippen molar-refractivity contribution in [2.75, 3.05) is 17.1 Å². The summed E-state index contributed by atoms with van der Waals surface area (Å²) in [7, 11) is -3.57. The lowest BCUT2D eigenvalue weighted by Crippen LogP contribution is -2.50. The molecule has 30 heavy (non-hydrogen) atoms. The predicted molar refractivity (Wildman–Crippen MR) is 109 cm³/mol. The number of fused-ring (bicyclic) bond motifs is 1. The first kappa shape index (κ1) is 19.9. The number of ether oxygens (including phenoxy) is 1. The van der Waals surface area contributed by atoms with Crippen molar-refractivity contribution in [3.05, 3.63) is 60.0 Å². The SMILES string of the molecule is Cc1ccc(-c2noc(CNC(=O)C3CN(S(C)(=O)=O)c4ccccc4O3)n2)cc1. The number of nitrogens with zero attached hydrogens (tertiary/aromatic N) is 3. The van der Waals surface area contributed by atoms with Gasteiger partial charge in [-0.1, -0.05) is 47.1 Å². The maximum Gasteiger partial charge on any atom is 0.263 e. The van der Waals surface area contributed by atoms with Gasteiger partial charge in [-0.25, -0.2) is 8.42 Å². The van der Waals surface area contributed by atoms with Crippen molar-refractivity contribution >= 4 is 21.6 Å². The summed E-state index contributed by atoms with van der Waals surface area (Å²) >= 11 is 0. The minimum atomic E-state index is -3.57. The van der Waals surface area contributed by atoms with Crippen LogP contribution in [0.4, 0.5) is 5.69 Å². The Balaban J connectivity index is 1.44. The first-order valence-corrected chi connectivity index (χ1v) is 11.1. The molecule has 1 aliphatic heterocycles. The zero-order valence-electron chi connectivity index (χ0n) is 16.4. The van der Waals surface area contributed by atoms with Crippen LogP contribution in [0.15, 0.2) is 53.1 Å². The Labute approximate surface area is 173 Å². The number of hydrogen-bond acceptors (Lipinski definition) is 7. The topological polar surface area (TPSA) is 115 Å². The van der Waals surface area contributed by atoms with Crippen LogP contribution in [0.2, 0.25) is 0 Å². The Bertz CT molecular complexity index is 1170. The number of sulfonamides is 1. The van der Waals surface area contributed by atoms with Gasteiger partial charge in [0.05, 0.1) is 25.0 Å². The van der Waals surface area contributed by atoms with Gasteiger partial charge in [-0.15, -0.1) is 0 Å². The molecular weight excluding hydrogens is 408 g/mol. The summed E-state index contributed by atoms with van der Waals surface area (Å²) in [5.41, 5.74) is 2.33. The van der Waals surface area contributed by atoms with Crippen LogP contribution in [-0.2, 0) is 21.4 Å². The lowest BCUT2D eigenvalue weighted by Gasteiger charge is -2.33. The molecule has 10 heteroatoms. The van der Waals surface area contributed by atoms with Gasteiger partial charge in [-0.2, -0.15) is 4.98 Å². The van der Waals surface area contributed by atoms with E-state index in [0.29, 0.717) is 17.3 Å².